The molecule has 1 aliphatic rings. The zero-order chi connectivity index (χ0) is 18.6. The number of nitrogens with one attached hydrogen (secondary N) is 1. The van der Waals surface area contributed by atoms with Crippen molar-refractivity contribution in [2.75, 3.05) is 13.1 Å². The normalized spacial score (nSPS) is 16.5. The van der Waals surface area contributed by atoms with Crippen LogP contribution in [0.3, 0.4) is 0 Å². The van der Waals surface area contributed by atoms with Gasteiger partial charge in [-0.25, -0.2) is 4.39 Å². The predicted molar refractivity (Wildman–Crippen MR) is 96.8 cm³/mol. The molecule has 6 nitrogen and oxygen atoms in total. The van der Waals surface area contributed by atoms with E-state index in [-0.39, 0.29) is 24.2 Å². The van der Waals surface area contributed by atoms with Crippen LogP contribution in [-0.4, -0.2) is 39.1 Å². The number of carbonyl (C=O) groups is 1. The number of ether oxygens (including phenoxy) is 1. The third-order valence-electron chi connectivity index (χ3n) is 4.64. The van der Waals surface area contributed by atoms with Crippen LogP contribution in [0.4, 0.5) is 4.39 Å². The van der Waals surface area contributed by atoms with Gasteiger partial charge in [0.15, 0.2) is 0 Å². The summed E-state index contributed by atoms with van der Waals surface area (Å²) in [6.07, 6.45) is 4.10. The van der Waals surface area contributed by atoms with E-state index in [1.54, 1.807) is 36.7 Å². The fourth-order valence-corrected chi connectivity index (χ4v) is 3.24. The number of aromatic amines is 1. The monoisotopic (exact) mass is 366 g/mol. The van der Waals surface area contributed by atoms with E-state index in [2.05, 4.69) is 15.2 Å². The van der Waals surface area contributed by atoms with Gasteiger partial charge < -0.3 is 9.64 Å². The van der Waals surface area contributed by atoms with Gasteiger partial charge in [-0.1, -0.05) is 6.07 Å². The molecule has 1 aromatic carbocycles. The van der Waals surface area contributed by atoms with Crippen LogP contribution in [0.5, 0.6) is 5.75 Å². The van der Waals surface area contributed by atoms with Gasteiger partial charge in [-0.15, -0.1) is 0 Å². The van der Waals surface area contributed by atoms with E-state index in [9.17, 15) is 9.18 Å². The van der Waals surface area contributed by atoms with Crippen LogP contribution in [0, 0.1) is 5.82 Å². The van der Waals surface area contributed by atoms with E-state index in [0.29, 0.717) is 24.4 Å². The molecule has 7 heteroatoms. The quantitative estimate of drug-likeness (QED) is 0.753. The smallest absolute Gasteiger partial charge is 0.255 e. The summed E-state index contributed by atoms with van der Waals surface area (Å²) >= 11 is 0. The first kappa shape index (κ1) is 17.2. The number of amides is 1. The molecule has 0 bridgehead atoms. The third kappa shape index (κ3) is 3.97. The van der Waals surface area contributed by atoms with Gasteiger partial charge in [-0.2, -0.15) is 5.10 Å². The Bertz CT molecular complexity index is 928. The van der Waals surface area contributed by atoms with Crippen molar-refractivity contribution in [2.45, 2.75) is 18.9 Å². The highest BCUT2D eigenvalue weighted by atomic mass is 19.1. The summed E-state index contributed by atoms with van der Waals surface area (Å²) in [6.45, 7) is 1.60. The Morgan fingerprint density at radius 1 is 1.30 bits per heavy atom. The number of H-pyrrole nitrogens is 1. The van der Waals surface area contributed by atoms with Gasteiger partial charge in [0.05, 0.1) is 17.0 Å². The number of likely N-dealkylation sites (tertiary alicyclic amines) is 1. The molecule has 1 saturated heterocycles. The molecule has 0 aliphatic carbocycles. The number of aromatic nitrogens is 3. The zero-order valence-electron chi connectivity index (χ0n) is 14.6. The highest BCUT2D eigenvalue weighted by Gasteiger charge is 2.29. The summed E-state index contributed by atoms with van der Waals surface area (Å²) in [6, 6.07) is 11.5. The minimum absolute atomic E-state index is 0.00389. The summed E-state index contributed by atoms with van der Waals surface area (Å²) in [7, 11) is 0. The number of hydrogen-bond acceptors (Lipinski definition) is 4. The highest BCUT2D eigenvalue weighted by molar-refractivity contribution is 5.94. The van der Waals surface area contributed by atoms with E-state index in [4.69, 9.17) is 4.74 Å². The molecule has 1 N–H and O–H groups in total. The van der Waals surface area contributed by atoms with Crippen molar-refractivity contribution in [1.29, 1.82) is 0 Å². The fourth-order valence-electron chi connectivity index (χ4n) is 3.24. The lowest BCUT2D eigenvalue weighted by Crippen LogP contribution is -2.28. The van der Waals surface area contributed by atoms with Gasteiger partial charge in [-0.05, 0) is 36.8 Å². The molecule has 4 rings (SSSR count). The van der Waals surface area contributed by atoms with Gasteiger partial charge in [0, 0.05) is 37.5 Å². The first-order chi connectivity index (χ1) is 13.2. The minimum atomic E-state index is -0.331. The Morgan fingerprint density at radius 3 is 3.04 bits per heavy atom. The second-order valence-corrected chi connectivity index (χ2v) is 6.54. The molecule has 0 radical (unpaired) electrons. The first-order valence-electron chi connectivity index (χ1n) is 8.81. The molecule has 1 amide bonds. The van der Waals surface area contributed by atoms with Crippen LogP contribution < -0.4 is 4.74 Å². The first-order valence-corrected chi connectivity index (χ1v) is 8.81. The van der Waals surface area contributed by atoms with E-state index < -0.39 is 0 Å². The molecule has 1 atom stereocenters. The Labute approximate surface area is 156 Å². The summed E-state index contributed by atoms with van der Waals surface area (Å²) in [5.74, 6) is 0.322. The number of halogens is 1. The average molecular weight is 366 g/mol. The zero-order valence-corrected chi connectivity index (χ0v) is 14.6. The molecular weight excluding hydrogens is 347 g/mol. The van der Waals surface area contributed by atoms with Crippen LogP contribution in [-0.2, 0) is 6.61 Å². The second-order valence-electron chi connectivity index (χ2n) is 6.54. The van der Waals surface area contributed by atoms with Gasteiger partial charge in [0.25, 0.3) is 5.91 Å². The average Bonchev–Trinajstić information content (AvgIpc) is 3.36. The van der Waals surface area contributed by atoms with E-state index >= 15 is 0 Å². The van der Waals surface area contributed by atoms with Crippen molar-refractivity contribution in [3.63, 3.8) is 0 Å². The van der Waals surface area contributed by atoms with Crippen molar-refractivity contribution in [1.82, 2.24) is 20.1 Å². The summed E-state index contributed by atoms with van der Waals surface area (Å²) in [5, 5.41) is 7.33. The van der Waals surface area contributed by atoms with Crippen LogP contribution in [0.25, 0.3) is 0 Å². The maximum Gasteiger partial charge on any atom is 0.255 e. The Morgan fingerprint density at radius 2 is 2.22 bits per heavy atom. The Kier molecular flexibility index (Phi) is 4.82. The standard InChI is InChI=1S/C20H19FN4O2/c21-16-4-1-5-18(9-16)27-13-17-10-19(24-23-17)15-6-8-25(12-15)20(26)14-3-2-7-22-11-14/h1-5,7,9-11,15H,6,8,12-13H2,(H,23,24)/t15-/m1/s1. The number of hydrogen-bond donors (Lipinski definition) is 1. The summed E-state index contributed by atoms with van der Waals surface area (Å²) < 4.78 is 18.8. The van der Waals surface area contributed by atoms with Crippen molar-refractivity contribution >= 4 is 5.91 Å². The lowest BCUT2D eigenvalue weighted by Gasteiger charge is -2.15. The summed E-state index contributed by atoms with van der Waals surface area (Å²) in [4.78, 5) is 18.4. The number of pyridine rings is 1. The Hall–Kier alpha value is -3.22. The van der Waals surface area contributed by atoms with Crippen LogP contribution >= 0.6 is 0 Å². The van der Waals surface area contributed by atoms with Crippen LogP contribution in [0.15, 0.2) is 54.9 Å². The number of rotatable bonds is 5. The lowest BCUT2D eigenvalue weighted by molar-refractivity contribution is 0.0790. The van der Waals surface area contributed by atoms with E-state index in [1.807, 2.05) is 11.0 Å². The molecule has 0 saturated carbocycles. The number of carbonyl (C=O) groups excluding carboxylic acids is 1. The van der Waals surface area contributed by atoms with Crippen molar-refractivity contribution in [3.05, 3.63) is 77.6 Å². The van der Waals surface area contributed by atoms with Gasteiger partial charge in [0.1, 0.15) is 18.2 Å². The lowest BCUT2D eigenvalue weighted by atomic mass is 10.1. The molecule has 3 heterocycles. The maximum atomic E-state index is 13.2. The van der Waals surface area contributed by atoms with Gasteiger partial charge >= 0.3 is 0 Å². The minimum Gasteiger partial charge on any atom is -0.487 e. The van der Waals surface area contributed by atoms with Gasteiger partial charge in [-0.3, -0.25) is 14.9 Å². The third-order valence-corrected chi connectivity index (χ3v) is 4.64. The van der Waals surface area contributed by atoms with Crippen LogP contribution in [0.1, 0.15) is 34.1 Å². The Balaban J connectivity index is 1.36. The molecule has 1 fully saturated rings. The molecule has 3 aromatic rings. The van der Waals surface area contributed by atoms with Crippen molar-refractivity contribution < 1.29 is 13.9 Å². The highest BCUT2D eigenvalue weighted by Crippen LogP contribution is 2.27. The fraction of sp³-hybridized carbons (Fsp3) is 0.250. The molecule has 0 unspecified atom stereocenters. The molecule has 27 heavy (non-hydrogen) atoms. The predicted octanol–water partition coefficient (Wildman–Crippen LogP) is 3.15. The maximum absolute atomic E-state index is 13.2. The molecule has 1 aliphatic heterocycles. The molecule has 2 aromatic heterocycles. The second kappa shape index (κ2) is 7.57. The van der Waals surface area contributed by atoms with E-state index in [0.717, 1.165) is 17.8 Å². The largest absolute Gasteiger partial charge is 0.487 e. The SMILES string of the molecule is O=C(c1cccnc1)N1CC[C@@H](c2cc(COc3cccc(F)c3)[nH]n2)C1. The molecule has 138 valence electrons. The number of nitrogens with zero attached hydrogens (tertiary/aromatic N) is 3. The van der Waals surface area contributed by atoms with Gasteiger partial charge in [0.2, 0.25) is 0 Å². The summed E-state index contributed by atoms with van der Waals surface area (Å²) in [5.41, 5.74) is 2.32. The van der Waals surface area contributed by atoms with Crippen LogP contribution in [0.2, 0.25) is 0 Å². The van der Waals surface area contributed by atoms with E-state index in [1.165, 1.54) is 12.1 Å². The van der Waals surface area contributed by atoms with Crippen molar-refractivity contribution in [2.24, 2.45) is 0 Å². The molecule has 0 spiro atoms. The van der Waals surface area contributed by atoms with Crippen molar-refractivity contribution in [3.8, 4) is 5.75 Å². The topological polar surface area (TPSA) is 71.1 Å². The number of benzene rings is 1. The molecular formula is C20H19FN4O2.